The topological polar surface area (TPSA) is 0 Å². The molecule has 0 bridgehead atoms. The molecular weight excluding hydrogens is 102 g/mol. The zero-order valence-electron chi connectivity index (χ0n) is 3.25. The summed E-state index contributed by atoms with van der Waals surface area (Å²) in [6, 6.07) is 0. The Bertz CT molecular complexity index is 58.6. The first kappa shape index (κ1) is 5.96. The van der Waals surface area contributed by atoms with Gasteiger partial charge in [-0.2, -0.15) is 0 Å². The van der Waals surface area contributed by atoms with E-state index in [1.807, 2.05) is 0 Å². The predicted molar refractivity (Wildman–Crippen MR) is 25.3 cm³/mol. The molecule has 0 atom stereocenters. The quantitative estimate of drug-likeness (QED) is 0.449. The number of rotatable bonds is 1. The molecular formula is C4H5ClF. The maximum absolute atomic E-state index is 11.1. The molecule has 35 valence electrons. The SMILES string of the molecule is [CH2]/C(=C/F)CCl. The smallest absolute Gasteiger partial charge is 0.0871 e. The van der Waals surface area contributed by atoms with Crippen LogP contribution < -0.4 is 0 Å². The minimum atomic E-state index is 0.177. The van der Waals surface area contributed by atoms with Crippen LogP contribution in [0.3, 0.4) is 0 Å². The molecule has 0 amide bonds. The fourth-order valence-corrected chi connectivity index (χ4v) is 0.0875. The molecule has 2 heteroatoms. The van der Waals surface area contributed by atoms with Crippen molar-refractivity contribution in [3.05, 3.63) is 18.8 Å². The molecule has 0 aromatic rings. The number of alkyl halides is 1. The summed E-state index contributed by atoms with van der Waals surface area (Å²) < 4.78 is 11.1. The largest absolute Gasteiger partial charge is 0.216 e. The summed E-state index contributed by atoms with van der Waals surface area (Å²) >= 11 is 5.08. The van der Waals surface area contributed by atoms with Gasteiger partial charge in [-0.15, -0.1) is 11.6 Å². The summed E-state index contributed by atoms with van der Waals surface area (Å²) in [6.45, 7) is 3.23. The highest BCUT2D eigenvalue weighted by molar-refractivity contribution is 6.19. The highest BCUT2D eigenvalue weighted by Gasteiger charge is 1.78. The van der Waals surface area contributed by atoms with Gasteiger partial charge in [-0.3, -0.25) is 0 Å². The molecule has 0 aliphatic heterocycles. The Labute approximate surface area is 41.6 Å². The van der Waals surface area contributed by atoms with Crippen LogP contribution in [-0.2, 0) is 0 Å². The molecule has 0 unspecified atom stereocenters. The van der Waals surface area contributed by atoms with Crippen LogP contribution >= 0.6 is 11.6 Å². The summed E-state index contributed by atoms with van der Waals surface area (Å²) in [5.74, 6) is 0.177. The Kier molecular flexibility index (Phi) is 3.14. The third-order valence-corrected chi connectivity index (χ3v) is 0.669. The van der Waals surface area contributed by atoms with E-state index in [0.29, 0.717) is 11.9 Å². The Morgan fingerprint density at radius 2 is 2.50 bits per heavy atom. The van der Waals surface area contributed by atoms with Gasteiger partial charge >= 0.3 is 0 Å². The lowest BCUT2D eigenvalue weighted by Gasteiger charge is -1.79. The molecule has 0 saturated heterocycles. The van der Waals surface area contributed by atoms with Gasteiger partial charge in [0.25, 0.3) is 0 Å². The molecule has 0 aliphatic carbocycles. The molecule has 0 aromatic heterocycles. The molecule has 0 heterocycles. The first-order valence-corrected chi connectivity index (χ1v) is 2.02. The standard InChI is InChI=1S/C4H5ClF/c1-4(2-5)3-6/h3H,1-2H2/b4-3-. The van der Waals surface area contributed by atoms with Crippen molar-refractivity contribution in [3.63, 3.8) is 0 Å². The van der Waals surface area contributed by atoms with Gasteiger partial charge < -0.3 is 0 Å². The van der Waals surface area contributed by atoms with Gasteiger partial charge in [0, 0.05) is 5.88 Å². The summed E-state index contributed by atoms with van der Waals surface area (Å²) in [6.07, 6.45) is 0.396. The molecule has 0 rings (SSSR count). The van der Waals surface area contributed by atoms with Gasteiger partial charge in [0.2, 0.25) is 0 Å². The molecule has 1 radical (unpaired) electrons. The van der Waals surface area contributed by atoms with Crippen molar-refractivity contribution in [1.82, 2.24) is 0 Å². The summed E-state index contributed by atoms with van der Waals surface area (Å²) in [5.41, 5.74) is 0.316. The number of hydrogen-bond acceptors (Lipinski definition) is 0. The lowest BCUT2D eigenvalue weighted by molar-refractivity contribution is 0.713. The van der Waals surface area contributed by atoms with Crippen molar-refractivity contribution in [1.29, 1.82) is 0 Å². The van der Waals surface area contributed by atoms with Gasteiger partial charge in [-0.05, 0) is 12.5 Å². The average Bonchev–Trinajstić information content (AvgIpc) is 1.65. The van der Waals surface area contributed by atoms with Crippen molar-refractivity contribution in [2.45, 2.75) is 0 Å². The Morgan fingerprint density at radius 3 is 2.50 bits per heavy atom. The van der Waals surface area contributed by atoms with Crippen molar-refractivity contribution >= 4 is 11.6 Å². The van der Waals surface area contributed by atoms with Crippen LogP contribution in [0.2, 0.25) is 0 Å². The van der Waals surface area contributed by atoms with E-state index in [1.165, 1.54) is 0 Å². The van der Waals surface area contributed by atoms with Crippen LogP contribution in [0, 0.1) is 6.92 Å². The van der Waals surface area contributed by atoms with E-state index >= 15 is 0 Å². The maximum Gasteiger partial charge on any atom is 0.0871 e. The van der Waals surface area contributed by atoms with Crippen molar-refractivity contribution in [2.75, 3.05) is 5.88 Å². The Morgan fingerprint density at radius 1 is 2.00 bits per heavy atom. The highest BCUT2D eigenvalue weighted by atomic mass is 35.5. The van der Waals surface area contributed by atoms with Crippen LogP contribution in [-0.4, -0.2) is 5.88 Å². The molecule has 0 fully saturated rings. The van der Waals surface area contributed by atoms with Crippen LogP contribution in [0.4, 0.5) is 4.39 Å². The number of halogens is 2. The second kappa shape index (κ2) is 3.16. The van der Waals surface area contributed by atoms with Crippen LogP contribution in [0.15, 0.2) is 11.9 Å². The van der Waals surface area contributed by atoms with E-state index in [0.717, 1.165) is 0 Å². The van der Waals surface area contributed by atoms with Gasteiger partial charge in [0.15, 0.2) is 0 Å². The Balaban J connectivity index is 3.22. The Hall–Kier alpha value is -0.0400. The molecule has 0 spiro atoms. The van der Waals surface area contributed by atoms with E-state index < -0.39 is 0 Å². The van der Waals surface area contributed by atoms with Crippen LogP contribution in [0.1, 0.15) is 0 Å². The van der Waals surface area contributed by atoms with E-state index in [1.54, 1.807) is 0 Å². The first-order chi connectivity index (χ1) is 2.81. The molecule has 0 aliphatic rings. The molecule has 0 saturated carbocycles. The van der Waals surface area contributed by atoms with Gasteiger partial charge in [-0.25, -0.2) is 4.39 Å². The maximum atomic E-state index is 11.1. The minimum absolute atomic E-state index is 0.177. The molecule has 0 N–H and O–H groups in total. The number of allylic oxidation sites excluding steroid dienone is 1. The van der Waals surface area contributed by atoms with E-state index in [4.69, 9.17) is 11.6 Å². The average molecular weight is 108 g/mol. The third kappa shape index (κ3) is 2.21. The fourth-order valence-electron chi connectivity index (χ4n) is 0.0292. The summed E-state index contributed by atoms with van der Waals surface area (Å²) in [4.78, 5) is 0. The normalized spacial score (nSPS) is 12.2. The van der Waals surface area contributed by atoms with E-state index in [9.17, 15) is 4.39 Å². The van der Waals surface area contributed by atoms with Crippen LogP contribution in [0.25, 0.3) is 0 Å². The lowest BCUT2D eigenvalue weighted by atomic mass is 10.4. The highest BCUT2D eigenvalue weighted by Crippen LogP contribution is 1.92. The monoisotopic (exact) mass is 107 g/mol. The third-order valence-electron chi connectivity index (χ3n) is 0.326. The predicted octanol–water partition coefficient (Wildman–Crippen LogP) is 1.91. The van der Waals surface area contributed by atoms with Crippen molar-refractivity contribution in [3.8, 4) is 0 Å². The zero-order chi connectivity index (χ0) is 4.99. The van der Waals surface area contributed by atoms with Crippen molar-refractivity contribution in [2.24, 2.45) is 0 Å². The second-order valence-electron chi connectivity index (χ2n) is 0.901. The van der Waals surface area contributed by atoms with E-state index in [2.05, 4.69) is 6.92 Å². The molecule has 0 aromatic carbocycles. The lowest BCUT2D eigenvalue weighted by Crippen LogP contribution is -1.70. The van der Waals surface area contributed by atoms with Crippen molar-refractivity contribution < 1.29 is 4.39 Å². The fraction of sp³-hybridized carbons (Fsp3) is 0.250. The minimum Gasteiger partial charge on any atom is -0.216 e. The molecule has 6 heavy (non-hydrogen) atoms. The van der Waals surface area contributed by atoms with E-state index in [-0.39, 0.29) is 5.88 Å². The van der Waals surface area contributed by atoms with Crippen LogP contribution in [0.5, 0.6) is 0 Å². The summed E-state index contributed by atoms with van der Waals surface area (Å²) in [7, 11) is 0. The van der Waals surface area contributed by atoms with Gasteiger partial charge in [0.1, 0.15) is 0 Å². The summed E-state index contributed by atoms with van der Waals surface area (Å²) in [5, 5.41) is 0. The zero-order valence-corrected chi connectivity index (χ0v) is 4.00. The van der Waals surface area contributed by atoms with Gasteiger partial charge in [-0.1, -0.05) is 0 Å². The number of hydrogen-bond donors (Lipinski definition) is 0. The van der Waals surface area contributed by atoms with Gasteiger partial charge in [0.05, 0.1) is 6.33 Å². The second-order valence-corrected chi connectivity index (χ2v) is 1.17. The first-order valence-electron chi connectivity index (χ1n) is 1.48. The molecule has 0 nitrogen and oxygen atoms in total.